The number of aromatic amines is 1. The number of pyridine rings is 1. The first kappa shape index (κ1) is 10.2. The van der Waals surface area contributed by atoms with Gasteiger partial charge in [-0.3, -0.25) is 4.79 Å². The average Bonchev–Trinajstić information content (AvgIpc) is 2.75. The van der Waals surface area contributed by atoms with Crippen LogP contribution in [0, 0.1) is 0 Å². The molecule has 1 aliphatic heterocycles. The van der Waals surface area contributed by atoms with Crippen LogP contribution < -0.4 is 10.7 Å². The van der Waals surface area contributed by atoms with Gasteiger partial charge in [-0.2, -0.15) is 0 Å². The lowest BCUT2D eigenvalue weighted by atomic mass is 10.2. The number of aromatic nitrogens is 4. The number of hydrogen-bond acceptors (Lipinski definition) is 4. The summed E-state index contributed by atoms with van der Waals surface area (Å²) >= 11 is 0. The molecule has 1 aliphatic rings. The van der Waals surface area contributed by atoms with Crippen LogP contribution in [-0.2, 0) is 6.54 Å². The molecule has 1 unspecified atom stereocenters. The molecule has 0 saturated heterocycles. The molecular weight excluding hydrogens is 218 g/mol. The zero-order valence-corrected chi connectivity index (χ0v) is 9.47. The number of H-pyrrole nitrogens is 1. The zero-order valence-electron chi connectivity index (χ0n) is 9.47. The van der Waals surface area contributed by atoms with E-state index in [0.717, 1.165) is 18.9 Å². The predicted octanol–water partition coefficient (Wildman–Crippen LogP) is 0.298. The summed E-state index contributed by atoms with van der Waals surface area (Å²) in [5, 5.41) is 11.6. The van der Waals surface area contributed by atoms with Crippen molar-refractivity contribution >= 4 is 0 Å². The second-order valence-corrected chi connectivity index (χ2v) is 4.13. The molecule has 0 fully saturated rings. The molecule has 6 heteroatoms. The van der Waals surface area contributed by atoms with E-state index < -0.39 is 0 Å². The fourth-order valence-corrected chi connectivity index (χ4v) is 2.13. The maximum absolute atomic E-state index is 11.8. The van der Waals surface area contributed by atoms with Gasteiger partial charge in [-0.05, 0) is 6.92 Å². The summed E-state index contributed by atoms with van der Waals surface area (Å²) < 4.78 is 2.01. The van der Waals surface area contributed by atoms with Gasteiger partial charge in [-0.15, -0.1) is 10.2 Å². The summed E-state index contributed by atoms with van der Waals surface area (Å²) in [6.07, 6.45) is 3.29. The quantitative estimate of drug-likeness (QED) is 0.740. The van der Waals surface area contributed by atoms with Crippen molar-refractivity contribution in [2.24, 2.45) is 0 Å². The Hall–Kier alpha value is -1.95. The molecule has 0 saturated carbocycles. The molecule has 3 heterocycles. The minimum absolute atomic E-state index is 0.0369. The third kappa shape index (κ3) is 1.57. The Kier molecular flexibility index (Phi) is 2.29. The van der Waals surface area contributed by atoms with Gasteiger partial charge in [-0.1, -0.05) is 0 Å². The highest BCUT2D eigenvalue weighted by atomic mass is 16.1. The van der Waals surface area contributed by atoms with Gasteiger partial charge in [-0.25, -0.2) is 0 Å². The van der Waals surface area contributed by atoms with Crippen molar-refractivity contribution in [3.8, 4) is 11.4 Å². The van der Waals surface area contributed by atoms with E-state index in [4.69, 9.17) is 0 Å². The van der Waals surface area contributed by atoms with Crippen LogP contribution in [0.5, 0.6) is 0 Å². The maximum atomic E-state index is 11.8. The van der Waals surface area contributed by atoms with Gasteiger partial charge in [0.2, 0.25) is 0 Å². The molecule has 88 valence electrons. The Morgan fingerprint density at radius 1 is 1.47 bits per heavy atom. The van der Waals surface area contributed by atoms with E-state index in [2.05, 4.69) is 20.5 Å². The van der Waals surface area contributed by atoms with Crippen LogP contribution in [0.3, 0.4) is 0 Å². The lowest BCUT2D eigenvalue weighted by Crippen LogP contribution is -2.32. The van der Waals surface area contributed by atoms with Gasteiger partial charge < -0.3 is 14.9 Å². The highest BCUT2D eigenvalue weighted by Crippen LogP contribution is 2.20. The van der Waals surface area contributed by atoms with Gasteiger partial charge in [0.1, 0.15) is 5.82 Å². The molecular formula is C11H13N5O. The summed E-state index contributed by atoms with van der Waals surface area (Å²) in [6, 6.07) is 1.68. The first-order valence-electron chi connectivity index (χ1n) is 5.61. The van der Waals surface area contributed by atoms with Crippen LogP contribution in [0.25, 0.3) is 11.4 Å². The predicted molar refractivity (Wildman–Crippen MR) is 62.5 cm³/mol. The fourth-order valence-electron chi connectivity index (χ4n) is 2.13. The minimum Gasteiger partial charge on any atom is -0.367 e. The molecule has 1 atom stereocenters. The van der Waals surface area contributed by atoms with Gasteiger partial charge >= 0.3 is 0 Å². The van der Waals surface area contributed by atoms with Crippen molar-refractivity contribution in [2.75, 3.05) is 6.54 Å². The number of fused-ring (bicyclic) bond motifs is 1. The van der Waals surface area contributed by atoms with Gasteiger partial charge in [0.15, 0.2) is 11.3 Å². The lowest BCUT2D eigenvalue weighted by molar-refractivity contribution is 0.439. The first-order valence-corrected chi connectivity index (χ1v) is 5.61. The summed E-state index contributed by atoms with van der Waals surface area (Å²) in [6.45, 7) is 3.69. The van der Waals surface area contributed by atoms with E-state index in [9.17, 15) is 4.79 Å². The van der Waals surface area contributed by atoms with Gasteiger partial charge in [0.05, 0.1) is 11.6 Å². The van der Waals surface area contributed by atoms with Crippen LogP contribution in [0.15, 0.2) is 23.3 Å². The second kappa shape index (κ2) is 3.81. The highest BCUT2D eigenvalue weighted by molar-refractivity contribution is 5.53. The van der Waals surface area contributed by atoms with Crippen molar-refractivity contribution < 1.29 is 0 Å². The van der Waals surface area contributed by atoms with Gasteiger partial charge in [0, 0.05) is 31.5 Å². The third-order valence-corrected chi connectivity index (χ3v) is 3.02. The standard InChI is InChI=1S/C11H13N5O/c1-7-10-14-15-11(16(10)5-4-13-7)8-6-12-3-2-9(8)17/h2-3,6-7,13H,4-5H2,1H3,(H,12,17). The number of nitrogens with zero attached hydrogens (tertiary/aromatic N) is 3. The molecule has 0 bridgehead atoms. The molecule has 17 heavy (non-hydrogen) atoms. The van der Waals surface area contributed by atoms with Crippen molar-refractivity contribution in [3.63, 3.8) is 0 Å². The second-order valence-electron chi connectivity index (χ2n) is 4.13. The number of rotatable bonds is 1. The SMILES string of the molecule is CC1NCCn2c(-c3c[nH]ccc3=O)nnc21. The normalized spacial score (nSPS) is 19.0. The van der Waals surface area contributed by atoms with E-state index >= 15 is 0 Å². The summed E-state index contributed by atoms with van der Waals surface area (Å²) in [4.78, 5) is 14.7. The van der Waals surface area contributed by atoms with E-state index in [1.54, 1.807) is 12.4 Å². The summed E-state index contributed by atoms with van der Waals surface area (Å²) in [7, 11) is 0. The van der Waals surface area contributed by atoms with Crippen molar-refractivity contribution in [1.29, 1.82) is 0 Å². The van der Waals surface area contributed by atoms with Crippen LogP contribution in [0.1, 0.15) is 18.8 Å². The topological polar surface area (TPSA) is 75.6 Å². The average molecular weight is 231 g/mol. The summed E-state index contributed by atoms with van der Waals surface area (Å²) in [5.74, 6) is 1.53. The number of nitrogens with one attached hydrogen (secondary N) is 2. The zero-order chi connectivity index (χ0) is 11.8. The third-order valence-electron chi connectivity index (χ3n) is 3.02. The van der Waals surface area contributed by atoms with Crippen LogP contribution in [0.2, 0.25) is 0 Å². The summed E-state index contributed by atoms with van der Waals surface area (Å²) in [5.41, 5.74) is 0.533. The number of hydrogen-bond donors (Lipinski definition) is 2. The maximum Gasteiger partial charge on any atom is 0.192 e. The molecule has 2 N–H and O–H groups in total. The van der Waals surface area contributed by atoms with Crippen molar-refractivity contribution in [2.45, 2.75) is 19.5 Å². The Labute approximate surface area is 97.7 Å². The largest absolute Gasteiger partial charge is 0.367 e. The van der Waals surface area contributed by atoms with E-state index in [-0.39, 0.29) is 11.5 Å². The first-order chi connectivity index (χ1) is 8.27. The highest BCUT2D eigenvalue weighted by Gasteiger charge is 2.22. The van der Waals surface area contributed by atoms with Crippen LogP contribution >= 0.6 is 0 Å². The molecule has 0 aromatic carbocycles. The molecule has 0 spiro atoms. The molecule has 0 amide bonds. The van der Waals surface area contributed by atoms with E-state index in [1.165, 1.54) is 6.07 Å². The Balaban J connectivity index is 2.17. The molecule has 2 aromatic heterocycles. The van der Waals surface area contributed by atoms with Gasteiger partial charge in [0.25, 0.3) is 0 Å². The molecule has 6 nitrogen and oxygen atoms in total. The monoisotopic (exact) mass is 231 g/mol. The molecule has 0 aliphatic carbocycles. The smallest absolute Gasteiger partial charge is 0.192 e. The van der Waals surface area contributed by atoms with Crippen molar-refractivity contribution in [1.82, 2.24) is 25.1 Å². The Bertz CT molecular complexity index is 600. The molecule has 2 aromatic rings. The Morgan fingerprint density at radius 2 is 2.35 bits per heavy atom. The fraction of sp³-hybridized carbons (Fsp3) is 0.364. The van der Waals surface area contributed by atoms with Crippen LogP contribution in [0.4, 0.5) is 0 Å². The van der Waals surface area contributed by atoms with Crippen molar-refractivity contribution in [3.05, 3.63) is 34.5 Å². The van der Waals surface area contributed by atoms with E-state index in [0.29, 0.717) is 11.4 Å². The van der Waals surface area contributed by atoms with E-state index in [1.807, 2.05) is 11.5 Å². The lowest BCUT2D eigenvalue weighted by Gasteiger charge is -2.21. The Morgan fingerprint density at radius 3 is 3.18 bits per heavy atom. The molecule has 3 rings (SSSR count). The minimum atomic E-state index is -0.0369. The molecule has 0 radical (unpaired) electrons. The van der Waals surface area contributed by atoms with Crippen LogP contribution in [-0.4, -0.2) is 26.3 Å².